The molecule has 0 N–H and O–H groups in total. The molecule has 1 amide bonds. The number of nitrogens with zero attached hydrogens (tertiary/aromatic N) is 2. The van der Waals surface area contributed by atoms with E-state index in [-0.39, 0.29) is 29.5 Å². The smallest absolute Gasteiger partial charge is 0.309 e. The van der Waals surface area contributed by atoms with Crippen LogP contribution in [0.3, 0.4) is 0 Å². The Morgan fingerprint density at radius 1 is 1.11 bits per heavy atom. The molecule has 1 aromatic carbocycles. The van der Waals surface area contributed by atoms with Crippen LogP contribution in [0.15, 0.2) is 24.3 Å². The van der Waals surface area contributed by atoms with Crippen molar-refractivity contribution >= 4 is 11.9 Å². The van der Waals surface area contributed by atoms with Gasteiger partial charge in [-0.25, -0.2) is 4.39 Å². The number of rotatable bonds is 5. The molecular formula is C21H29FN2O3. The Labute approximate surface area is 160 Å². The van der Waals surface area contributed by atoms with E-state index in [0.29, 0.717) is 51.2 Å². The molecule has 0 spiro atoms. The van der Waals surface area contributed by atoms with Crippen molar-refractivity contribution < 1.29 is 18.7 Å². The van der Waals surface area contributed by atoms with Gasteiger partial charge in [-0.3, -0.25) is 14.5 Å². The first kappa shape index (κ1) is 19.8. The van der Waals surface area contributed by atoms with Gasteiger partial charge in [0, 0.05) is 31.7 Å². The summed E-state index contributed by atoms with van der Waals surface area (Å²) in [6.45, 7) is 5.55. The van der Waals surface area contributed by atoms with Gasteiger partial charge in [-0.1, -0.05) is 18.2 Å². The summed E-state index contributed by atoms with van der Waals surface area (Å²) in [5.74, 6) is -0.275. The molecule has 27 heavy (non-hydrogen) atoms. The van der Waals surface area contributed by atoms with Gasteiger partial charge < -0.3 is 9.64 Å². The lowest BCUT2D eigenvalue weighted by Gasteiger charge is -2.37. The van der Waals surface area contributed by atoms with Crippen LogP contribution < -0.4 is 0 Å². The van der Waals surface area contributed by atoms with E-state index in [4.69, 9.17) is 4.74 Å². The Morgan fingerprint density at radius 3 is 2.56 bits per heavy atom. The summed E-state index contributed by atoms with van der Waals surface area (Å²) in [7, 11) is 0. The van der Waals surface area contributed by atoms with Crippen molar-refractivity contribution in [1.29, 1.82) is 0 Å². The number of benzene rings is 1. The Kier molecular flexibility index (Phi) is 6.83. The van der Waals surface area contributed by atoms with Crippen LogP contribution in [0.25, 0.3) is 0 Å². The highest BCUT2D eigenvalue weighted by molar-refractivity contribution is 5.80. The highest BCUT2D eigenvalue weighted by Gasteiger charge is 2.33. The van der Waals surface area contributed by atoms with Gasteiger partial charge in [0.2, 0.25) is 5.91 Å². The van der Waals surface area contributed by atoms with E-state index < -0.39 is 0 Å². The fraction of sp³-hybridized carbons (Fsp3) is 0.619. The average Bonchev–Trinajstić information content (AvgIpc) is 2.70. The van der Waals surface area contributed by atoms with Gasteiger partial charge in [0.05, 0.1) is 18.4 Å². The van der Waals surface area contributed by atoms with E-state index in [9.17, 15) is 14.0 Å². The SMILES string of the molecule is CCOC(=O)C1CCN(C(=O)C2CCCN(Cc3ccccc3F)C2)CC1. The van der Waals surface area contributed by atoms with Crippen molar-refractivity contribution in [2.45, 2.75) is 39.2 Å². The minimum absolute atomic E-state index is 0.0373. The molecule has 2 saturated heterocycles. The van der Waals surface area contributed by atoms with Gasteiger partial charge in [-0.2, -0.15) is 0 Å². The van der Waals surface area contributed by atoms with E-state index in [1.54, 1.807) is 12.1 Å². The summed E-state index contributed by atoms with van der Waals surface area (Å²) in [5, 5.41) is 0. The second kappa shape index (κ2) is 9.31. The maximum Gasteiger partial charge on any atom is 0.309 e. The van der Waals surface area contributed by atoms with Crippen molar-refractivity contribution in [2.24, 2.45) is 11.8 Å². The lowest BCUT2D eigenvalue weighted by Crippen LogP contribution is -2.47. The molecule has 5 nitrogen and oxygen atoms in total. The molecule has 2 heterocycles. The molecule has 0 radical (unpaired) electrons. The highest BCUT2D eigenvalue weighted by Crippen LogP contribution is 2.25. The van der Waals surface area contributed by atoms with Gasteiger partial charge in [0.25, 0.3) is 0 Å². The van der Waals surface area contributed by atoms with E-state index >= 15 is 0 Å². The zero-order chi connectivity index (χ0) is 19.2. The molecule has 1 atom stereocenters. The topological polar surface area (TPSA) is 49.9 Å². The van der Waals surface area contributed by atoms with Crippen molar-refractivity contribution in [3.8, 4) is 0 Å². The molecule has 2 aliphatic rings. The Bertz CT molecular complexity index is 659. The second-order valence-corrected chi connectivity index (χ2v) is 7.52. The third-order valence-corrected chi connectivity index (χ3v) is 5.63. The number of piperidine rings is 2. The Morgan fingerprint density at radius 2 is 1.85 bits per heavy atom. The second-order valence-electron chi connectivity index (χ2n) is 7.52. The quantitative estimate of drug-likeness (QED) is 0.742. The molecule has 2 fully saturated rings. The predicted octanol–water partition coefficient (Wildman–Crippen LogP) is 2.84. The van der Waals surface area contributed by atoms with Crippen molar-refractivity contribution in [3.05, 3.63) is 35.6 Å². The number of amides is 1. The van der Waals surface area contributed by atoms with Crippen LogP contribution >= 0.6 is 0 Å². The minimum atomic E-state index is -0.188. The molecule has 2 aliphatic heterocycles. The molecule has 3 rings (SSSR count). The summed E-state index contributed by atoms with van der Waals surface area (Å²) in [4.78, 5) is 28.9. The van der Waals surface area contributed by atoms with Gasteiger partial charge in [-0.15, -0.1) is 0 Å². The number of carbonyl (C=O) groups excluding carboxylic acids is 2. The molecule has 1 unspecified atom stereocenters. The van der Waals surface area contributed by atoms with Gasteiger partial charge in [0.15, 0.2) is 0 Å². The molecule has 0 aromatic heterocycles. The van der Waals surface area contributed by atoms with Crippen LogP contribution in [0.5, 0.6) is 0 Å². The van der Waals surface area contributed by atoms with Crippen molar-refractivity contribution in [2.75, 3.05) is 32.8 Å². The zero-order valence-corrected chi connectivity index (χ0v) is 16.0. The lowest BCUT2D eigenvalue weighted by atomic mass is 9.92. The van der Waals surface area contributed by atoms with Crippen LogP contribution in [0.4, 0.5) is 4.39 Å². The number of esters is 1. The molecule has 0 aliphatic carbocycles. The predicted molar refractivity (Wildman–Crippen MR) is 100 cm³/mol. The molecule has 0 saturated carbocycles. The number of hydrogen-bond acceptors (Lipinski definition) is 4. The van der Waals surface area contributed by atoms with Gasteiger partial charge in [0.1, 0.15) is 5.82 Å². The van der Waals surface area contributed by atoms with Gasteiger partial charge >= 0.3 is 5.97 Å². The highest BCUT2D eigenvalue weighted by atomic mass is 19.1. The minimum Gasteiger partial charge on any atom is -0.466 e. The number of halogens is 1. The summed E-state index contributed by atoms with van der Waals surface area (Å²) in [5.41, 5.74) is 0.681. The van der Waals surface area contributed by atoms with Crippen molar-refractivity contribution in [1.82, 2.24) is 9.80 Å². The fourth-order valence-corrected chi connectivity index (χ4v) is 4.12. The van der Waals surface area contributed by atoms with E-state index in [1.807, 2.05) is 17.9 Å². The molecular weight excluding hydrogens is 347 g/mol. The molecule has 6 heteroatoms. The first-order valence-electron chi connectivity index (χ1n) is 9.99. The van der Waals surface area contributed by atoms with E-state index in [2.05, 4.69) is 4.90 Å². The third kappa shape index (κ3) is 5.06. The van der Waals surface area contributed by atoms with Crippen molar-refractivity contribution in [3.63, 3.8) is 0 Å². The van der Waals surface area contributed by atoms with Gasteiger partial charge in [-0.05, 0) is 45.2 Å². The molecule has 148 valence electrons. The first-order valence-corrected chi connectivity index (χ1v) is 9.99. The lowest BCUT2D eigenvalue weighted by molar-refractivity contribution is -0.152. The fourth-order valence-electron chi connectivity index (χ4n) is 4.12. The summed E-state index contributed by atoms with van der Waals surface area (Å²) in [6, 6.07) is 6.83. The maximum absolute atomic E-state index is 13.9. The number of ether oxygens (including phenoxy) is 1. The van der Waals surface area contributed by atoms with E-state index in [1.165, 1.54) is 6.07 Å². The molecule has 0 bridgehead atoms. The number of hydrogen-bond donors (Lipinski definition) is 0. The third-order valence-electron chi connectivity index (χ3n) is 5.63. The average molecular weight is 376 g/mol. The normalized spacial score (nSPS) is 21.9. The first-order chi connectivity index (χ1) is 13.1. The maximum atomic E-state index is 13.9. The van der Waals surface area contributed by atoms with Crippen LogP contribution in [0.1, 0.15) is 38.2 Å². The van der Waals surface area contributed by atoms with Crippen LogP contribution in [0, 0.1) is 17.7 Å². The monoisotopic (exact) mass is 376 g/mol. The van der Waals surface area contributed by atoms with Crippen LogP contribution in [-0.4, -0.2) is 54.5 Å². The standard InChI is InChI=1S/C21H29FN2O3/c1-2-27-21(26)16-9-12-24(13-10-16)20(25)18-7-5-11-23(15-18)14-17-6-3-4-8-19(17)22/h3-4,6,8,16,18H,2,5,7,9-15H2,1H3. The van der Waals surface area contributed by atoms with Crippen LogP contribution in [0.2, 0.25) is 0 Å². The summed E-state index contributed by atoms with van der Waals surface area (Å²) < 4.78 is 19.0. The molecule has 1 aromatic rings. The Hall–Kier alpha value is -1.95. The summed E-state index contributed by atoms with van der Waals surface area (Å²) >= 11 is 0. The zero-order valence-electron chi connectivity index (χ0n) is 16.0. The number of carbonyl (C=O) groups is 2. The van der Waals surface area contributed by atoms with E-state index in [0.717, 1.165) is 19.4 Å². The summed E-state index contributed by atoms with van der Waals surface area (Å²) in [6.07, 6.45) is 3.18. The number of likely N-dealkylation sites (tertiary alicyclic amines) is 2. The Balaban J connectivity index is 1.51. The largest absolute Gasteiger partial charge is 0.466 e. The van der Waals surface area contributed by atoms with Crippen LogP contribution in [-0.2, 0) is 20.9 Å².